The molecule has 5 heteroatoms. The van der Waals surface area contributed by atoms with E-state index in [-0.39, 0.29) is 30.0 Å². The number of nitrogens with one attached hydrogen (secondary N) is 2. The lowest BCUT2D eigenvalue weighted by Gasteiger charge is -2.27. The van der Waals surface area contributed by atoms with Crippen LogP contribution in [0.2, 0.25) is 0 Å². The van der Waals surface area contributed by atoms with Crippen molar-refractivity contribution in [2.45, 2.75) is 51.7 Å². The van der Waals surface area contributed by atoms with E-state index in [2.05, 4.69) is 65.6 Å². The molecule has 2 rings (SSSR count). The minimum Gasteiger partial charge on any atom is -0.355 e. The molecule has 1 aliphatic rings. The zero-order valence-corrected chi connectivity index (χ0v) is 17.1. The molecular weight excluding hydrogens is 399 g/mol. The number of rotatable bonds is 7. The van der Waals surface area contributed by atoms with Crippen molar-refractivity contribution in [3.63, 3.8) is 0 Å². The highest BCUT2D eigenvalue weighted by Crippen LogP contribution is 2.27. The van der Waals surface area contributed by atoms with Gasteiger partial charge in [-0.3, -0.25) is 9.89 Å². The van der Waals surface area contributed by atoms with Crippen LogP contribution in [0.4, 0.5) is 0 Å². The Labute approximate surface area is 158 Å². The summed E-state index contributed by atoms with van der Waals surface area (Å²) in [5.74, 6) is 0.871. The van der Waals surface area contributed by atoms with Crippen LogP contribution in [-0.2, 0) is 0 Å². The normalized spacial score (nSPS) is 16.2. The van der Waals surface area contributed by atoms with Crippen LogP contribution in [0.25, 0.3) is 0 Å². The predicted octanol–water partition coefficient (Wildman–Crippen LogP) is 3.40. The standard InChI is InChI=1S/C18H30N4.HI/c1-14(2)22(17-10-11-17)13-12-20-18(19-4)21-15(3)16-8-6-5-7-9-16;/h5-9,14-15,17H,10-13H2,1-4H3,(H2,19,20,21);1H. The van der Waals surface area contributed by atoms with E-state index in [1.165, 1.54) is 18.4 Å². The number of benzene rings is 1. The Bertz CT molecular complexity index is 469. The van der Waals surface area contributed by atoms with E-state index in [9.17, 15) is 0 Å². The maximum absolute atomic E-state index is 4.33. The van der Waals surface area contributed by atoms with Gasteiger partial charge >= 0.3 is 0 Å². The SMILES string of the molecule is CN=C(NCCN(C(C)C)C1CC1)NC(C)c1ccccc1.I. The first-order chi connectivity index (χ1) is 10.6. The number of guanidine groups is 1. The van der Waals surface area contributed by atoms with Crippen molar-refractivity contribution in [3.8, 4) is 0 Å². The first-order valence-corrected chi connectivity index (χ1v) is 8.39. The molecule has 1 fully saturated rings. The number of nitrogens with zero attached hydrogens (tertiary/aromatic N) is 2. The second kappa shape index (κ2) is 10.1. The number of hydrogen-bond acceptors (Lipinski definition) is 2. The fourth-order valence-electron chi connectivity index (χ4n) is 2.80. The molecule has 4 nitrogen and oxygen atoms in total. The molecule has 0 radical (unpaired) electrons. The monoisotopic (exact) mass is 430 g/mol. The van der Waals surface area contributed by atoms with Crippen molar-refractivity contribution < 1.29 is 0 Å². The summed E-state index contributed by atoms with van der Waals surface area (Å²) in [6.07, 6.45) is 2.71. The second-order valence-corrected chi connectivity index (χ2v) is 6.34. The third kappa shape index (κ3) is 6.67. The molecule has 0 aromatic heterocycles. The highest BCUT2D eigenvalue weighted by molar-refractivity contribution is 14.0. The predicted molar refractivity (Wildman–Crippen MR) is 110 cm³/mol. The van der Waals surface area contributed by atoms with Gasteiger partial charge in [0.05, 0.1) is 6.04 Å². The van der Waals surface area contributed by atoms with Crippen molar-refractivity contribution in [2.24, 2.45) is 4.99 Å². The largest absolute Gasteiger partial charge is 0.355 e. The van der Waals surface area contributed by atoms with Crippen LogP contribution in [0, 0.1) is 0 Å². The third-order valence-electron chi connectivity index (χ3n) is 4.22. The zero-order valence-electron chi connectivity index (χ0n) is 14.7. The molecule has 1 unspecified atom stereocenters. The summed E-state index contributed by atoms with van der Waals surface area (Å²) in [5.41, 5.74) is 1.27. The Hall–Kier alpha value is -0.820. The van der Waals surface area contributed by atoms with Gasteiger partial charge in [0, 0.05) is 32.2 Å². The van der Waals surface area contributed by atoms with Crippen molar-refractivity contribution in [1.82, 2.24) is 15.5 Å². The average molecular weight is 430 g/mol. The Morgan fingerprint density at radius 1 is 1.22 bits per heavy atom. The summed E-state index contributed by atoms with van der Waals surface area (Å²) in [6.45, 7) is 8.72. The molecule has 1 aromatic carbocycles. The van der Waals surface area contributed by atoms with Crippen LogP contribution in [0.15, 0.2) is 35.3 Å². The molecule has 1 saturated carbocycles. The molecule has 0 spiro atoms. The van der Waals surface area contributed by atoms with Crippen LogP contribution in [0.3, 0.4) is 0 Å². The minimum absolute atomic E-state index is 0. The van der Waals surface area contributed by atoms with Gasteiger partial charge in [-0.2, -0.15) is 0 Å². The molecule has 0 amide bonds. The third-order valence-corrected chi connectivity index (χ3v) is 4.22. The van der Waals surface area contributed by atoms with Gasteiger partial charge in [0.2, 0.25) is 0 Å². The van der Waals surface area contributed by atoms with E-state index >= 15 is 0 Å². The summed E-state index contributed by atoms with van der Waals surface area (Å²) in [4.78, 5) is 6.92. The number of hydrogen-bond donors (Lipinski definition) is 2. The molecule has 130 valence electrons. The fourth-order valence-corrected chi connectivity index (χ4v) is 2.80. The molecule has 1 aromatic rings. The molecule has 1 atom stereocenters. The van der Waals surface area contributed by atoms with E-state index in [0.717, 1.165) is 25.1 Å². The van der Waals surface area contributed by atoms with E-state index in [0.29, 0.717) is 6.04 Å². The van der Waals surface area contributed by atoms with E-state index in [1.54, 1.807) is 0 Å². The molecule has 1 aliphatic carbocycles. The lowest BCUT2D eigenvalue weighted by atomic mass is 10.1. The lowest BCUT2D eigenvalue weighted by Crippen LogP contribution is -2.44. The van der Waals surface area contributed by atoms with Gasteiger partial charge < -0.3 is 10.6 Å². The Kier molecular flexibility index (Phi) is 8.91. The van der Waals surface area contributed by atoms with Crippen LogP contribution < -0.4 is 10.6 Å². The highest BCUT2D eigenvalue weighted by atomic mass is 127. The molecule has 0 heterocycles. The summed E-state index contributed by atoms with van der Waals surface area (Å²) in [5, 5.41) is 6.89. The molecule has 0 aliphatic heterocycles. The lowest BCUT2D eigenvalue weighted by molar-refractivity contribution is 0.215. The average Bonchev–Trinajstić information content (AvgIpc) is 3.35. The van der Waals surface area contributed by atoms with Crippen LogP contribution >= 0.6 is 24.0 Å². The van der Waals surface area contributed by atoms with Crippen LogP contribution in [0.1, 0.15) is 45.2 Å². The van der Waals surface area contributed by atoms with Crippen molar-refractivity contribution >= 4 is 29.9 Å². The molecular formula is C18H31IN4. The summed E-state index contributed by atoms with van der Waals surface area (Å²) < 4.78 is 0. The van der Waals surface area contributed by atoms with Crippen molar-refractivity contribution in [2.75, 3.05) is 20.1 Å². The van der Waals surface area contributed by atoms with Gasteiger partial charge in [-0.05, 0) is 39.2 Å². The molecule has 0 saturated heterocycles. The molecule has 0 bridgehead atoms. The fraction of sp³-hybridized carbons (Fsp3) is 0.611. The second-order valence-electron chi connectivity index (χ2n) is 6.34. The van der Waals surface area contributed by atoms with Gasteiger partial charge in [-0.15, -0.1) is 24.0 Å². The first-order valence-electron chi connectivity index (χ1n) is 8.39. The molecule has 2 N–H and O–H groups in total. The van der Waals surface area contributed by atoms with E-state index in [4.69, 9.17) is 0 Å². The maximum atomic E-state index is 4.33. The van der Waals surface area contributed by atoms with Gasteiger partial charge in [-0.25, -0.2) is 0 Å². The Morgan fingerprint density at radius 2 is 1.87 bits per heavy atom. The highest BCUT2D eigenvalue weighted by Gasteiger charge is 2.30. The van der Waals surface area contributed by atoms with Crippen LogP contribution in [0.5, 0.6) is 0 Å². The van der Waals surface area contributed by atoms with E-state index < -0.39 is 0 Å². The summed E-state index contributed by atoms with van der Waals surface area (Å²) >= 11 is 0. The summed E-state index contributed by atoms with van der Waals surface area (Å²) in [7, 11) is 1.83. The van der Waals surface area contributed by atoms with E-state index in [1.807, 2.05) is 13.1 Å². The minimum atomic E-state index is 0. The van der Waals surface area contributed by atoms with Gasteiger partial charge in [0.15, 0.2) is 5.96 Å². The quantitative estimate of drug-likeness (QED) is 0.396. The van der Waals surface area contributed by atoms with Crippen molar-refractivity contribution in [3.05, 3.63) is 35.9 Å². The maximum Gasteiger partial charge on any atom is 0.191 e. The zero-order chi connectivity index (χ0) is 15.9. The van der Waals surface area contributed by atoms with Gasteiger partial charge in [0.25, 0.3) is 0 Å². The first kappa shape index (κ1) is 20.2. The Balaban J connectivity index is 0.00000264. The summed E-state index contributed by atoms with van der Waals surface area (Å²) in [6, 6.07) is 12.1. The smallest absolute Gasteiger partial charge is 0.191 e. The Morgan fingerprint density at radius 3 is 2.39 bits per heavy atom. The number of halogens is 1. The molecule has 23 heavy (non-hydrogen) atoms. The number of aliphatic imine (C=N–C) groups is 1. The topological polar surface area (TPSA) is 39.7 Å². The van der Waals surface area contributed by atoms with Gasteiger partial charge in [-0.1, -0.05) is 30.3 Å². The van der Waals surface area contributed by atoms with Gasteiger partial charge in [0.1, 0.15) is 0 Å². The van der Waals surface area contributed by atoms with Crippen LogP contribution in [-0.4, -0.2) is 43.1 Å². The van der Waals surface area contributed by atoms with Crippen molar-refractivity contribution in [1.29, 1.82) is 0 Å².